The quantitative estimate of drug-likeness (QED) is 0.664. The summed E-state index contributed by atoms with van der Waals surface area (Å²) in [5.74, 6) is -1.33. The van der Waals surface area contributed by atoms with Crippen molar-refractivity contribution in [1.82, 2.24) is 15.2 Å². The number of methoxy groups -OCH3 is 1. The maximum absolute atomic E-state index is 11.9. The molecule has 2 rings (SSSR count). The van der Waals surface area contributed by atoms with Crippen molar-refractivity contribution in [2.24, 2.45) is 0 Å². The third kappa shape index (κ3) is 4.22. The number of hydrogen-bond donors (Lipinski definition) is 3. The van der Waals surface area contributed by atoms with E-state index in [0.29, 0.717) is 0 Å². The summed E-state index contributed by atoms with van der Waals surface area (Å²) in [4.78, 5) is 33.5. The van der Waals surface area contributed by atoms with Gasteiger partial charge in [0.25, 0.3) is 0 Å². The van der Waals surface area contributed by atoms with Crippen LogP contribution in [0.3, 0.4) is 0 Å². The number of rotatable bonds is 7. The van der Waals surface area contributed by atoms with Gasteiger partial charge in [-0.05, 0) is 18.2 Å². The van der Waals surface area contributed by atoms with Crippen molar-refractivity contribution in [1.29, 1.82) is 0 Å². The number of carbonyl (C=O) groups is 3. The summed E-state index contributed by atoms with van der Waals surface area (Å²) < 4.78 is 6.99. The molecule has 0 unspecified atom stereocenters. The van der Waals surface area contributed by atoms with Crippen LogP contribution in [0.5, 0.6) is 5.75 Å². The highest BCUT2D eigenvalue weighted by Crippen LogP contribution is 2.25. The second kappa shape index (κ2) is 7.30. The number of aromatic nitrogens is 1. The van der Waals surface area contributed by atoms with Gasteiger partial charge >= 0.3 is 5.97 Å². The first-order valence-corrected chi connectivity index (χ1v) is 6.88. The third-order valence-corrected chi connectivity index (χ3v) is 3.19. The second-order valence-electron chi connectivity index (χ2n) is 4.78. The van der Waals surface area contributed by atoms with Gasteiger partial charge in [0.2, 0.25) is 11.8 Å². The lowest BCUT2D eigenvalue weighted by molar-refractivity contribution is -0.137. The molecule has 1 aromatic carbocycles. The van der Waals surface area contributed by atoms with Gasteiger partial charge in [0.05, 0.1) is 19.2 Å². The first-order chi connectivity index (χ1) is 11.0. The van der Waals surface area contributed by atoms with E-state index < -0.39 is 18.4 Å². The first kappa shape index (κ1) is 16.3. The summed E-state index contributed by atoms with van der Waals surface area (Å²) in [6.45, 7) is -0.700. The molecule has 0 aliphatic heterocycles. The van der Waals surface area contributed by atoms with E-state index in [2.05, 4.69) is 10.6 Å². The number of aliphatic carboxylic acids is 1. The maximum atomic E-state index is 11.9. The normalized spacial score (nSPS) is 10.3. The van der Waals surface area contributed by atoms with Crippen molar-refractivity contribution in [3.8, 4) is 5.75 Å². The van der Waals surface area contributed by atoms with Crippen molar-refractivity contribution < 1.29 is 24.2 Å². The Kier molecular flexibility index (Phi) is 5.19. The van der Waals surface area contributed by atoms with Gasteiger partial charge in [0.1, 0.15) is 18.8 Å². The van der Waals surface area contributed by atoms with Crippen LogP contribution >= 0.6 is 0 Å². The van der Waals surface area contributed by atoms with Crippen LogP contribution in [-0.2, 0) is 20.9 Å². The fourth-order valence-electron chi connectivity index (χ4n) is 2.14. The summed E-state index contributed by atoms with van der Waals surface area (Å²) in [7, 11) is 1.58. The Morgan fingerprint density at radius 3 is 2.57 bits per heavy atom. The summed E-state index contributed by atoms with van der Waals surface area (Å²) >= 11 is 0. The molecule has 0 radical (unpaired) electrons. The minimum absolute atomic E-state index is 0.0445. The molecule has 1 aromatic heterocycles. The number of carboxylic acids is 1. The fraction of sp³-hybridized carbons (Fsp3) is 0.267. The molecule has 0 saturated heterocycles. The molecule has 8 nitrogen and oxygen atoms in total. The van der Waals surface area contributed by atoms with Crippen molar-refractivity contribution in [3.63, 3.8) is 0 Å². The molecule has 23 heavy (non-hydrogen) atoms. The Morgan fingerprint density at radius 1 is 1.13 bits per heavy atom. The second-order valence-corrected chi connectivity index (χ2v) is 4.78. The van der Waals surface area contributed by atoms with Crippen molar-refractivity contribution in [2.45, 2.75) is 6.54 Å². The van der Waals surface area contributed by atoms with Gasteiger partial charge in [-0.2, -0.15) is 0 Å². The molecule has 1 heterocycles. The summed E-state index contributed by atoms with van der Waals surface area (Å²) in [6, 6.07) is 7.38. The minimum atomic E-state index is -1.14. The highest BCUT2D eigenvalue weighted by Gasteiger charge is 2.10. The lowest BCUT2D eigenvalue weighted by Crippen LogP contribution is -2.40. The van der Waals surface area contributed by atoms with E-state index in [1.165, 1.54) is 0 Å². The Labute approximate surface area is 132 Å². The van der Waals surface area contributed by atoms with Gasteiger partial charge in [-0.25, -0.2) is 0 Å². The van der Waals surface area contributed by atoms with Crippen LogP contribution in [-0.4, -0.2) is 47.7 Å². The maximum Gasteiger partial charge on any atom is 0.322 e. The number of carboxylic acid groups (broad SMARTS) is 1. The Hall–Kier alpha value is -3.03. The molecule has 2 aromatic rings. The summed E-state index contributed by atoms with van der Waals surface area (Å²) in [5, 5.41) is 13.9. The molecule has 122 valence electrons. The molecular formula is C15H17N3O5. The van der Waals surface area contributed by atoms with Gasteiger partial charge in [-0.1, -0.05) is 6.07 Å². The van der Waals surface area contributed by atoms with Gasteiger partial charge in [-0.3, -0.25) is 14.4 Å². The van der Waals surface area contributed by atoms with Crippen LogP contribution in [0, 0.1) is 0 Å². The van der Waals surface area contributed by atoms with Crippen LogP contribution in [0.4, 0.5) is 0 Å². The molecule has 2 amide bonds. The fourth-order valence-corrected chi connectivity index (χ4v) is 2.14. The number of nitrogens with zero attached hydrogens (tertiary/aromatic N) is 1. The van der Waals surface area contributed by atoms with E-state index in [0.717, 1.165) is 16.7 Å². The molecule has 0 saturated carbocycles. The molecule has 3 N–H and O–H groups in total. The number of fused-ring (bicyclic) bond motifs is 1. The number of amides is 2. The third-order valence-electron chi connectivity index (χ3n) is 3.19. The number of hydrogen-bond acceptors (Lipinski definition) is 4. The standard InChI is InChI=1S/C15H17N3O5/c1-23-12-4-2-3-11-10(12)5-6-18(11)9-14(20)16-7-13(19)17-8-15(21)22/h2-6H,7-9H2,1H3,(H,16,20)(H,17,19)(H,21,22). The average Bonchev–Trinajstić information content (AvgIpc) is 2.94. The molecule has 0 aliphatic carbocycles. The average molecular weight is 319 g/mol. The van der Waals surface area contributed by atoms with Crippen LogP contribution in [0.25, 0.3) is 10.9 Å². The van der Waals surface area contributed by atoms with Gasteiger partial charge in [0, 0.05) is 11.6 Å². The zero-order valence-corrected chi connectivity index (χ0v) is 12.5. The smallest absolute Gasteiger partial charge is 0.322 e. The zero-order chi connectivity index (χ0) is 16.8. The number of ether oxygens (including phenoxy) is 1. The van der Waals surface area contributed by atoms with Gasteiger partial charge in [-0.15, -0.1) is 0 Å². The number of benzene rings is 1. The predicted molar refractivity (Wildman–Crippen MR) is 82.1 cm³/mol. The van der Waals surface area contributed by atoms with E-state index in [4.69, 9.17) is 9.84 Å². The summed E-state index contributed by atoms with van der Waals surface area (Å²) in [6.07, 6.45) is 1.76. The van der Waals surface area contributed by atoms with Gasteiger partial charge in [0.15, 0.2) is 0 Å². The molecule has 8 heteroatoms. The molecular weight excluding hydrogens is 302 g/mol. The largest absolute Gasteiger partial charge is 0.496 e. The van der Waals surface area contributed by atoms with Gasteiger partial charge < -0.3 is 25.0 Å². The van der Waals surface area contributed by atoms with E-state index in [-0.39, 0.29) is 19.0 Å². The van der Waals surface area contributed by atoms with E-state index >= 15 is 0 Å². The Morgan fingerprint density at radius 2 is 1.87 bits per heavy atom. The highest BCUT2D eigenvalue weighted by atomic mass is 16.5. The SMILES string of the molecule is COc1cccc2c1ccn2CC(=O)NCC(=O)NCC(=O)O. The highest BCUT2D eigenvalue weighted by molar-refractivity contribution is 5.89. The molecule has 0 spiro atoms. The minimum Gasteiger partial charge on any atom is -0.496 e. The lowest BCUT2D eigenvalue weighted by Gasteiger charge is -2.08. The van der Waals surface area contributed by atoms with Crippen LogP contribution in [0.2, 0.25) is 0 Å². The van der Waals surface area contributed by atoms with E-state index in [9.17, 15) is 14.4 Å². The molecule has 0 fully saturated rings. The zero-order valence-electron chi connectivity index (χ0n) is 12.5. The monoisotopic (exact) mass is 319 g/mol. The van der Waals surface area contributed by atoms with E-state index in [1.807, 2.05) is 24.3 Å². The lowest BCUT2D eigenvalue weighted by atomic mass is 10.2. The Balaban J connectivity index is 1.93. The Bertz CT molecular complexity index is 738. The predicted octanol–water partition coefficient (Wildman–Crippen LogP) is -0.0331. The molecule has 0 bridgehead atoms. The summed E-state index contributed by atoms with van der Waals surface area (Å²) in [5.41, 5.74) is 0.842. The topological polar surface area (TPSA) is 110 Å². The van der Waals surface area contributed by atoms with Crippen molar-refractivity contribution >= 4 is 28.7 Å². The van der Waals surface area contributed by atoms with Crippen LogP contribution in [0.15, 0.2) is 30.5 Å². The van der Waals surface area contributed by atoms with Crippen LogP contribution in [0.1, 0.15) is 0 Å². The first-order valence-electron chi connectivity index (χ1n) is 6.88. The molecule has 0 aliphatic rings. The van der Waals surface area contributed by atoms with Crippen molar-refractivity contribution in [2.75, 3.05) is 20.2 Å². The van der Waals surface area contributed by atoms with Crippen molar-refractivity contribution in [3.05, 3.63) is 30.5 Å². The molecule has 0 atom stereocenters. The van der Waals surface area contributed by atoms with Crippen LogP contribution < -0.4 is 15.4 Å². The number of carbonyl (C=O) groups excluding carboxylic acids is 2. The van der Waals surface area contributed by atoms with E-state index in [1.54, 1.807) is 17.9 Å². The number of nitrogens with one attached hydrogen (secondary N) is 2.